The summed E-state index contributed by atoms with van der Waals surface area (Å²) in [6, 6.07) is 6.11. The summed E-state index contributed by atoms with van der Waals surface area (Å²) < 4.78 is 81.0. The number of halogens is 6. The molecule has 0 saturated heterocycles. The summed E-state index contributed by atoms with van der Waals surface area (Å²) in [5.74, 6) is -1.84. The van der Waals surface area contributed by atoms with Gasteiger partial charge in [0.15, 0.2) is 0 Å². The Hall–Kier alpha value is -3.18. The molecule has 0 amide bonds. The van der Waals surface area contributed by atoms with E-state index < -0.39 is 35.2 Å². The Bertz CT molecular complexity index is 1040. The van der Waals surface area contributed by atoms with Crippen molar-refractivity contribution in [1.29, 1.82) is 0 Å². The Kier molecular flexibility index (Phi) is 4.66. The molecule has 2 aromatic heterocycles. The lowest BCUT2D eigenvalue weighted by Crippen LogP contribution is -2.42. The van der Waals surface area contributed by atoms with E-state index in [1.807, 2.05) is 0 Å². The molecule has 1 fully saturated rings. The van der Waals surface area contributed by atoms with Crippen LogP contribution in [0.15, 0.2) is 40.9 Å². The zero-order chi connectivity index (χ0) is 21.6. The Balaban J connectivity index is 1.59. The van der Waals surface area contributed by atoms with E-state index in [4.69, 9.17) is 0 Å². The Morgan fingerprint density at radius 2 is 1.60 bits per heavy atom. The standard InChI is InChI=1S/C18H13F6N5O/c19-17(20,21)11-4-2-10(3-5-11)16(7-1-8-16)27-15-25-9-6-12(26-15)13-28-29-14(30-13)18(22,23)24/h2-6,9H,1,7-8H2,(H,25,26,27). The van der Waals surface area contributed by atoms with Crippen LogP contribution in [-0.2, 0) is 17.9 Å². The molecule has 6 nitrogen and oxygen atoms in total. The van der Waals surface area contributed by atoms with Crippen LogP contribution >= 0.6 is 0 Å². The molecule has 0 atom stereocenters. The first-order valence-corrected chi connectivity index (χ1v) is 8.77. The van der Waals surface area contributed by atoms with Crippen LogP contribution in [0.4, 0.5) is 32.3 Å². The van der Waals surface area contributed by atoms with Gasteiger partial charge in [-0.1, -0.05) is 12.1 Å². The summed E-state index contributed by atoms with van der Waals surface area (Å²) >= 11 is 0. The van der Waals surface area contributed by atoms with Crippen molar-refractivity contribution in [1.82, 2.24) is 20.2 Å². The molecular weight excluding hydrogens is 416 g/mol. The summed E-state index contributed by atoms with van der Waals surface area (Å²) in [6.07, 6.45) is -5.81. The Labute approximate surface area is 165 Å². The number of anilines is 1. The van der Waals surface area contributed by atoms with Crippen molar-refractivity contribution < 1.29 is 30.8 Å². The second-order valence-electron chi connectivity index (χ2n) is 6.81. The van der Waals surface area contributed by atoms with Crippen molar-refractivity contribution in [3.05, 3.63) is 53.5 Å². The second-order valence-corrected chi connectivity index (χ2v) is 6.81. The van der Waals surface area contributed by atoms with Gasteiger partial charge >= 0.3 is 18.2 Å². The minimum atomic E-state index is -4.78. The summed E-state index contributed by atoms with van der Waals surface area (Å²) in [7, 11) is 0. The molecule has 1 aliphatic rings. The van der Waals surface area contributed by atoms with E-state index in [0.717, 1.165) is 18.6 Å². The highest BCUT2D eigenvalue weighted by molar-refractivity contribution is 5.50. The van der Waals surface area contributed by atoms with Crippen molar-refractivity contribution in [2.45, 2.75) is 37.2 Å². The van der Waals surface area contributed by atoms with Crippen LogP contribution in [0.2, 0.25) is 0 Å². The van der Waals surface area contributed by atoms with Gasteiger partial charge in [-0.2, -0.15) is 26.3 Å². The van der Waals surface area contributed by atoms with Crippen molar-refractivity contribution in [2.24, 2.45) is 0 Å². The van der Waals surface area contributed by atoms with E-state index in [-0.39, 0.29) is 11.6 Å². The van der Waals surface area contributed by atoms with Crippen LogP contribution in [0.5, 0.6) is 0 Å². The topological polar surface area (TPSA) is 76.7 Å². The number of hydrogen-bond acceptors (Lipinski definition) is 6. The van der Waals surface area contributed by atoms with Crippen LogP contribution < -0.4 is 5.32 Å². The van der Waals surface area contributed by atoms with Gasteiger partial charge in [0.25, 0.3) is 5.89 Å². The Morgan fingerprint density at radius 3 is 2.13 bits per heavy atom. The first-order chi connectivity index (χ1) is 14.1. The van der Waals surface area contributed by atoms with Gasteiger partial charge in [0.2, 0.25) is 5.95 Å². The third-order valence-electron chi connectivity index (χ3n) is 4.87. The molecule has 0 radical (unpaired) electrons. The smallest absolute Gasteiger partial charge is 0.411 e. The van der Waals surface area contributed by atoms with Crippen LogP contribution in [0.1, 0.15) is 36.3 Å². The molecular formula is C18H13F6N5O. The molecule has 0 bridgehead atoms. The van der Waals surface area contributed by atoms with Crippen molar-refractivity contribution in [3.63, 3.8) is 0 Å². The van der Waals surface area contributed by atoms with E-state index in [2.05, 4.69) is 29.9 Å². The third kappa shape index (κ3) is 3.81. The van der Waals surface area contributed by atoms with Gasteiger partial charge in [-0.05, 0) is 43.0 Å². The third-order valence-corrected chi connectivity index (χ3v) is 4.87. The average Bonchev–Trinajstić information content (AvgIpc) is 3.15. The number of benzene rings is 1. The van der Waals surface area contributed by atoms with Crippen LogP contribution in [0, 0.1) is 0 Å². The molecule has 12 heteroatoms. The van der Waals surface area contributed by atoms with Crippen LogP contribution in [-0.4, -0.2) is 20.2 Å². The molecule has 158 valence electrons. The normalized spacial score (nSPS) is 16.2. The average molecular weight is 429 g/mol. The molecule has 2 heterocycles. The summed E-state index contributed by atoms with van der Waals surface area (Å²) in [6.45, 7) is 0. The molecule has 0 aliphatic heterocycles. The van der Waals surface area contributed by atoms with Crippen molar-refractivity contribution >= 4 is 5.95 Å². The first-order valence-electron chi connectivity index (χ1n) is 8.77. The van der Waals surface area contributed by atoms with E-state index in [1.165, 1.54) is 24.4 Å². The zero-order valence-electron chi connectivity index (χ0n) is 15.1. The van der Waals surface area contributed by atoms with Gasteiger partial charge in [-0.3, -0.25) is 0 Å². The lowest BCUT2D eigenvalue weighted by atomic mass is 9.71. The van der Waals surface area contributed by atoms with Gasteiger partial charge in [-0.25, -0.2) is 9.97 Å². The number of hydrogen-bond donors (Lipinski definition) is 1. The number of rotatable bonds is 4. The predicted molar refractivity (Wildman–Crippen MR) is 90.9 cm³/mol. The highest BCUT2D eigenvalue weighted by Gasteiger charge is 2.41. The van der Waals surface area contributed by atoms with E-state index >= 15 is 0 Å². The van der Waals surface area contributed by atoms with Crippen LogP contribution in [0.25, 0.3) is 11.6 Å². The zero-order valence-corrected chi connectivity index (χ0v) is 15.1. The molecule has 1 N–H and O–H groups in total. The monoisotopic (exact) mass is 429 g/mol. The lowest BCUT2D eigenvalue weighted by molar-refractivity contribution is -0.157. The van der Waals surface area contributed by atoms with Crippen molar-refractivity contribution in [3.8, 4) is 11.6 Å². The molecule has 0 unspecified atom stereocenters. The highest BCUT2D eigenvalue weighted by Crippen LogP contribution is 2.44. The summed E-state index contributed by atoms with van der Waals surface area (Å²) in [5, 5.41) is 9.41. The van der Waals surface area contributed by atoms with Crippen LogP contribution in [0.3, 0.4) is 0 Å². The molecule has 0 spiro atoms. The van der Waals surface area contributed by atoms with Gasteiger partial charge in [-0.15, -0.1) is 10.2 Å². The maximum atomic E-state index is 12.8. The maximum absolute atomic E-state index is 12.8. The van der Waals surface area contributed by atoms with Crippen molar-refractivity contribution in [2.75, 3.05) is 5.32 Å². The van der Waals surface area contributed by atoms with Gasteiger partial charge in [0.05, 0.1) is 11.1 Å². The number of nitrogens with zero attached hydrogens (tertiary/aromatic N) is 4. The molecule has 1 saturated carbocycles. The highest BCUT2D eigenvalue weighted by atomic mass is 19.4. The quantitative estimate of drug-likeness (QED) is 0.585. The van der Waals surface area contributed by atoms with Gasteiger partial charge < -0.3 is 9.73 Å². The number of nitrogens with one attached hydrogen (secondary N) is 1. The molecule has 30 heavy (non-hydrogen) atoms. The predicted octanol–water partition coefficient (Wildman–Crippen LogP) is 5.06. The summed E-state index contributed by atoms with van der Waals surface area (Å²) in [5.41, 5.74) is -0.810. The maximum Gasteiger partial charge on any atom is 0.470 e. The fraction of sp³-hybridized carbons (Fsp3) is 0.333. The number of aromatic nitrogens is 4. The lowest BCUT2D eigenvalue weighted by Gasteiger charge is -2.43. The Morgan fingerprint density at radius 1 is 0.900 bits per heavy atom. The largest absolute Gasteiger partial charge is 0.470 e. The SMILES string of the molecule is FC(F)(F)c1ccc(C2(Nc3nccc(-c4nnc(C(F)(F)F)o4)n3)CCC2)cc1. The number of alkyl halides is 6. The second kappa shape index (κ2) is 6.96. The van der Waals surface area contributed by atoms with E-state index in [9.17, 15) is 26.3 Å². The molecule has 1 aliphatic carbocycles. The van der Waals surface area contributed by atoms with Gasteiger partial charge in [0, 0.05) is 6.20 Å². The summed E-state index contributed by atoms with van der Waals surface area (Å²) in [4.78, 5) is 8.18. The molecule has 4 rings (SSSR count). The minimum absolute atomic E-state index is 0.0163. The van der Waals surface area contributed by atoms with E-state index in [1.54, 1.807) is 0 Å². The van der Waals surface area contributed by atoms with E-state index in [0.29, 0.717) is 18.4 Å². The fourth-order valence-electron chi connectivity index (χ4n) is 3.19. The molecule has 1 aromatic carbocycles. The fourth-order valence-corrected chi connectivity index (χ4v) is 3.19. The molecule has 3 aromatic rings. The minimum Gasteiger partial charge on any atom is -0.411 e. The van der Waals surface area contributed by atoms with Gasteiger partial charge in [0.1, 0.15) is 5.69 Å². The first kappa shape index (κ1) is 20.1.